The lowest BCUT2D eigenvalue weighted by molar-refractivity contribution is 0.367. The smallest absolute Gasteiger partial charge is 0.117 e. The molecule has 0 spiro atoms. The largest absolute Gasteiger partial charge is 0.468 e. The van der Waals surface area contributed by atoms with Crippen LogP contribution in [0.15, 0.2) is 22.8 Å². The van der Waals surface area contributed by atoms with Gasteiger partial charge in [0.2, 0.25) is 0 Å². The summed E-state index contributed by atoms with van der Waals surface area (Å²) in [6.45, 7) is 8.46. The van der Waals surface area contributed by atoms with Gasteiger partial charge >= 0.3 is 0 Å². The molecule has 0 aliphatic heterocycles. The highest BCUT2D eigenvalue weighted by Gasteiger charge is 2.08. The van der Waals surface area contributed by atoms with Gasteiger partial charge in [-0.2, -0.15) is 0 Å². The summed E-state index contributed by atoms with van der Waals surface area (Å²) in [5.41, 5.74) is 0.340. The highest BCUT2D eigenvalue weighted by molar-refractivity contribution is 4.97. The Balaban J connectivity index is 2.20. The van der Waals surface area contributed by atoms with Crippen molar-refractivity contribution in [3.05, 3.63) is 24.2 Å². The molecule has 1 aromatic heterocycles. The van der Waals surface area contributed by atoms with E-state index in [0.29, 0.717) is 5.41 Å². The first-order valence-corrected chi connectivity index (χ1v) is 4.31. The van der Waals surface area contributed by atoms with E-state index in [1.54, 1.807) is 6.26 Å². The monoisotopic (exact) mass is 167 g/mol. The van der Waals surface area contributed by atoms with Crippen LogP contribution >= 0.6 is 0 Å². The quantitative estimate of drug-likeness (QED) is 0.748. The second-order valence-corrected chi connectivity index (χ2v) is 4.24. The third-order valence-corrected chi connectivity index (χ3v) is 1.53. The number of rotatable bonds is 3. The molecule has 1 rings (SSSR count). The molecule has 0 aromatic carbocycles. The van der Waals surface area contributed by atoms with E-state index < -0.39 is 0 Å². The Morgan fingerprint density at radius 1 is 1.42 bits per heavy atom. The number of hydrogen-bond donors (Lipinski definition) is 1. The molecule has 0 bridgehead atoms. The van der Waals surface area contributed by atoms with Crippen molar-refractivity contribution >= 4 is 0 Å². The number of nitrogens with one attached hydrogen (secondary N) is 1. The van der Waals surface area contributed by atoms with E-state index in [-0.39, 0.29) is 0 Å². The van der Waals surface area contributed by atoms with E-state index in [0.717, 1.165) is 18.8 Å². The summed E-state index contributed by atoms with van der Waals surface area (Å²) in [4.78, 5) is 0. The Kier molecular flexibility index (Phi) is 2.93. The van der Waals surface area contributed by atoms with E-state index in [4.69, 9.17) is 4.42 Å². The Hall–Kier alpha value is -0.760. The zero-order valence-corrected chi connectivity index (χ0v) is 8.05. The summed E-state index contributed by atoms with van der Waals surface area (Å²) in [5, 5.41) is 3.33. The Morgan fingerprint density at radius 2 is 2.17 bits per heavy atom. The standard InChI is InChI=1S/C10H17NO/c1-10(2,3)8-11-7-9-5-4-6-12-9/h4-6,11H,7-8H2,1-3H3. The molecule has 2 nitrogen and oxygen atoms in total. The van der Waals surface area contributed by atoms with Crippen LogP contribution in [0.4, 0.5) is 0 Å². The van der Waals surface area contributed by atoms with Crippen LogP contribution in [0, 0.1) is 5.41 Å². The number of furan rings is 1. The molecular weight excluding hydrogens is 150 g/mol. The molecule has 1 N–H and O–H groups in total. The van der Waals surface area contributed by atoms with E-state index >= 15 is 0 Å². The number of hydrogen-bond acceptors (Lipinski definition) is 2. The molecule has 0 radical (unpaired) electrons. The van der Waals surface area contributed by atoms with Crippen LogP contribution in [0.5, 0.6) is 0 Å². The summed E-state index contributed by atoms with van der Waals surface area (Å²) in [7, 11) is 0. The fourth-order valence-corrected chi connectivity index (χ4v) is 0.974. The first-order chi connectivity index (χ1) is 5.58. The van der Waals surface area contributed by atoms with Gasteiger partial charge in [-0.25, -0.2) is 0 Å². The lowest BCUT2D eigenvalue weighted by Crippen LogP contribution is -2.26. The highest BCUT2D eigenvalue weighted by Crippen LogP contribution is 2.10. The predicted octanol–water partition coefficient (Wildman–Crippen LogP) is 2.42. The van der Waals surface area contributed by atoms with Gasteiger partial charge in [0.25, 0.3) is 0 Å². The Labute approximate surface area is 74.0 Å². The summed E-state index contributed by atoms with van der Waals surface area (Å²) in [6, 6.07) is 3.89. The van der Waals surface area contributed by atoms with Gasteiger partial charge in [-0.15, -0.1) is 0 Å². The van der Waals surface area contributed by atoms with Crippen molar-refractivity contribution in [1.29, 1.82) is 0 Å². The van der Waals surface area contributed by atoms with E-state index in [1.807, 2.05) is 12.1 Å². The topological polar surface area (TPSA) is 25.2 Å². The van der Waals surface area contributed by atoms with Crippen LogP contribution in [0.2, 0.25) is 0 Å². The highest BCUT2D eigenvalue weighted by atomic mass is 16.3. The van der Waals surface area contributed by atoms with Crippen LogP contribution in [0.25, 0.3) is 0 Å². The third kappa shape index (κ3) is 3.58. The minimum Gasteiger partial charge on any atom is -0.468 e. The molecule has 0 saturated carbocycles. The van der Waals surface area contributed by atoms with Crippen LogP contribution in [0.1, 0.15) is 26.5 Å². The molecule has 0 aliphatic carbocycles. The molecule has 0 unspecified atom stereocenters. The molecular formula is C10H17NO. The summed E-state index contributed by atoms with van der Waals surface area (Å²) in [5.74, 6) is 0.999. The van der Waals surface area contributed by atoms with Crippen molar-refractivity contribution in [2.24, 2.45) is 5.41 Å². The van der Waals surface area contributed by atoms with Crippen molar-refractivity contribution in [2.75, 3.05) is 6.54 Å². The fourth-order valence-electron chi connectivity index (χ4n) is 0.974. The molecule has 1 heterocycles. The van der Waals surface area contributed by atoms with Gasteiger partial charge in [-0.3, -0.25) is 0 Å². The molecule has 0 fully saturated rings. The average molecular weight is 167 g/mol. The van der Waals surface area contributed by atoms with Gasteiger partial charge in [-0.1, -0.05) is 20.8 Å². The van der Waals surface area contributed by atoms with Gasteiger partial charge in [0.05, 0.1) is 12.8 Å². The Bertz CT molecular complexity index is 208. The molecule has 0 saturated heterocycles. The van der Waals surface area contributed by atoms with Crippen LogP contribution in [-0.2, 0) is 6.54 Å². The minimum absolute atomic E-state index is 0.340. The van der Waals surface area contributed by atoms with E-state index in [9.17, 15) is 0 Å². The second kappa shape index (κ2) is 3.76. The van der Waals surface area contributed by atoms with Crippen molar-refractivity contribution in [3.63, 3.8) is 0 Å². The van der Waals surface area contributed by atoms with Gasteiger partial charge in [0.1, 0.15) is 5.76 Å². The summed E-state index contributed by atoms with van der Waals surface area (Å²) >= 11 is 0. The SMILES string of the molecule is CC(C)(C)CNCc1ccco1. The average Bonchev–Trinajstić information content (AvgIpc) is 2.36. The molecule has 1 aromatic rings. The molecule has 12 heavy (non-hydrogen) atoms. The van der Waals surface area contributed by atoms with Gasteiger partial charge in [0.15, 0.2) is 0 Å². The summed E-state index contributed by atoms with van der Waals surface area (Å²) in [6.07, 6.45) is 1.70. The first-order valence-electron chi connectivity index (χ1n) is 4.31. The van der Waals surface area contributed by atoms with Gasteiger partial charge in [0, 0.05) is 6.54 Å². The molecule has 0 aliphatic rings. The third-order valence-electron chi connectivity index (χ3n) is 1.53. The first kappa shape index (κ1) is 9.33. The second-order valence-electron chi connectivity index (χ2n) is 4.24. The molecule has 0 atom stereocenters. The van der Waals surface area contributed by atoms with E-state index in [1.165, 1.54) is 0 Å². The van der Waals surface area contributed by atoms with Crippen LogP contribution in [0.3, 0.4) is 0 Å². The van der Waals surface area contributed by atoms with Crippen molar-refractivity contribution in [3.8, 4) is 0 Å². The Morgan fingerprint density at radius 3 is 2.67 bits per heavy atom. The molecule has 68 valence electrons. The maximum atomic E-state index is 5.19. The van der Waals surface area contributed by atoms with Crippen molar-refractivity contribution in [1.82, 2.24) is 5.32 Å². The fraction of sp³-hybridized carbons (Fsp3) is 0.600. The predicted molar refractivity (Wildman–Crippen MR) is 49.9 cm³/mol. The van der Waals surface area contributed by atoms with Gasteiger partial charge in [-0.05, 0) is 17.5 Å². The lowest BCUT2D eigenvalue weighted by Gasteiger charge is -2.18. The summed E-state index contributed by atoms with van der Waals surface area (Å²) < 4.78 is 5.19. The van der Waals surface area contributed by atoms with Crippen LogP contribution in [-0.4, -0.2) is 6.54 Å². The maximum absolute atomic E-state index is 5.19. The zero-order valence-electron chi connectivity index (χ0n) is 8.05. The van der Waals surface area contributed by atoms with Crippen LogP contribution < -0.4 is 5.32 Å². The molecule has 2 heteroatoms. The van der Waals surface area contributed by atoms with E-state index in [2.05, 4.69) is 26.1 Å². The maximum Gasteiger partial charge on any atom is 0.117 e. The normalized spacial score (nSPS) is 11.9. The van der Waals surface area contributed by atoms with Crippen molar-refractivity contribution in [2.45, 2.75) is 27.3 Å². The van der Waals surface area contributed by atoms with Gasteiger partial charge < -0.3 is 9.73 Å². The molecule has 0 amide bonds. The van der Waals surface area contributed by atoms with Crippen molar-refractivity contribution < 1.29 is 4.42 Å². The zero-order chi connectivity index (χ0) is 9.03. The lowest BCUT2D eigenvalue weighted by atomic mass is 9.97. The minimum atomic E-state index is 0.340.